The fourth-order valence-electron chi connectivity index (χ4n) is 10.1. The number of rotatable bonds is 28. The Morgan fingerprint density at radius 1 is 0.161 bits per heavy atom. The third-order valence-electron chi connectivity index (χ3n) is 16.5. The van der Waals surface area contributed by atoms with Crippen LogP contribution in [0.1, 0.15) is 66.8 Å². The molecule has 608 valence electrons. The van der Waals surface area contributed by atoms with Gasteiger partial charge in [-0.3, -0.25) is 0 Å². The summed E-state index contributed by atoms with van der Waals surface area (Å²) >= 11 is 0. The molecule has 15 nitrogen and oxygen atoms in total. The van der Waals surface area contributed by atoms with E-state index in [-0.39, 0.29) is 0 Å². The molecule has 0 spiro atoms. The van der Waals surface area contributed by atoms with E-state index in [1.165, 1.54) is 40.4 Å². The smallest absolute Gasteiger partial charge is 0.439 e. The molecule has 2 N–H and O–H groups in total. The van der Waals surface area contributed by atoms with E-state index in [0.717, 1.165) is 114 Å². The Hall–Kier alpha value is -11.6. The molecule has 0 fully saturated rings. The maximum Gasteiger partial charge on any atom is 0.530 e. The van der Waals surface area contributed by atoms with Gasteiger partial charge in [0, 0.05) is 6.66 Å². The second-order valence-corrected chi connectivity index (χ2v) is 32.1. The van der Waals surface area contributed by atoms with Crippen LogP contribution in [0.5, 0.6) is 80.5 Å². The summed E-state index contributed by atoms with van der Waals surface area (Å²) in [7, 11) is -5.93. The second-order valence-electron chi connectivity index (χ2n) is 26.9. The standard InChI is InChI=1S/4C21H21O3P.C13H13O2P.CH5N/c2*1-16-4-10-19(11-5-16)22-25(23-20-12-6-17(2)7-13-20)24-21-14-8-18(3)9-15-21;1-16-7-4-10-19(13-16)22-25(23-20-11-5-8-17(2)14-20)24-21-12-6-9-18(3)15-21;1-16-10-4-7-13-19(16)22-25(23-20-14-8-5-11-17(20)2)24-21-15-9-6-12-18(21)3;1-16(14-12-8-4-2-5-9-12)15-13-10-6-3-7-11-13;1-2/h4*4-15H,1-3H3;2-11H,1H3;2H2,1H3. The Labute approximate surface area is 703 Å². The number of para-hydroxylation sites is 5. The zero-order valence-corrected chi connectivity index (χ0v) is 73.5. The van der Waals surface area contributed by atoms with Crippen molar-refractivity contribution in [1.29, 1.82) is 0 Å². The molecule has 0 saturated carbocycles. The zero-order chi connectivity index (χ0) is 83.8. The Morgan fingerprint density at radius 2 is 0.339 bits per heavy atom. The average Bonchev–Trinajstić information content (AvgIpc) is 0.839. The first-order valence-corrected chi connectivity index (χ1v) is 44.1. The van der Waals surface area contributed by atoms with Crippen LogP contribution < -0.4 is 69.1 Å². The minimum atomic E-state index is -1.64. The van der Waals surface area contributed by atoms with Crippen molar-refractivity contribution in [3.63, 3.8) is 0 Å². The summed E-state index contributed by atoms with van der Waals surface area (Å²) in [5, 5.41) is 0. The Morgan fingerprint density at radius 3 is 0.551 bits per heavy atom. The van der Waals surface area contributed by atoms with Crippen LogP contribution in [0.15, 0.2) is 352 Å². The van der Waals surface area contributed by atoms with Gasteiger partial charge >= 0.3 is 34.4 Å². The van der Waals surface area contributed by atoms with Crippen molar-refractivity contribution < 1.29 is 63.3 Å². The summed E-state index contributed by atoms with van der Waals surface area (Å²) in [5.41, 5.74) is 18.0. The van der Waals surface area contributed by atoms with Crippen LogP contribution in [0.4, 0.5) is 0 Å². The molecule has 14 rings (SSSR count). The van der Waals surface area contributed by atoms with E-state index in [4.69, 9.17) is 63.3 Å². The SMILES string of the molecule is CN.CP(Oc1ccccc1)Oc1ccccc1.Cc1ccc(OP(Oc2ccc(C)cc2)Oc2ccc(C)cc2)cc1.Cc1ccc(OP(Oc2ccc(C)cc2)Oc2ccc(C)cc2)cc1.Cc1cccc(OP(Oc2cccc(C)c2)Oc2cccc(C)c2)c1.Cc1ccccc1OP(Oc1ccccc1C)Oc1ccccc1C. The highest BCUT2D eigenvalue weighted by Crippen LogP contribution is 2.48. The number of benzene rings is 14. The molecule has 0 saturated heterocycles. The van der Waals surface area contributed by atoms with Gasteiger partial charge in [0.05, 0.1) is 0 Å². The van der Waals surface area contributed by atoms with Gasteiger partial charge < -0.3 is 69.1 Å². The van der Waals surface area contributed by atoms with E-state index >= 15 is 0 Å². The minimum absolute atomic E-state index is 0.718. The van der Waals surface area contributed by atoms with E-state index < -0.39 is 42.8 Å². The molecule has 0 radical (unpaired) electrons. The van der Waals surface area contributed by atoms with Crippen LogP contribution in [0.25, 0.3) is 0 Å². The van der Waals surface area contributed by atoms with Gasteiger partial charge in [-0.1, -0.05) is 234 Å². The average molecular weight is 1670 g/mol. The Balaban J connectivity index is 0.000000168. The molecular weight excluding hydrogens is 1570 g/mol. The number of hydrogen-bond acceptors (Lipinski definition) is 15. The second kappa shape index (κ2) is 48.8. The van der Waals surface area contributed by atoms with Gasteiger partial charge in [0.2, 0.25) is 0 Å². The molecule has 0 aliphatic heterocycles. The van der Waals surface area contributed by atoms with Crippen molar-refractivity contribution in [1.82, 2.24) is 0 Å². The molecule has 118 heavy (non-hydrogen) atoms. The minimum Gasteiger partial charge on any atom is -0.439 e. The molecule has 0 atom stereocenters. The van der Waals surface area contributed by atoms with Crippen LogP contribution >= 0.6 is 42.8 Å². The lowest BCUT2D eigenvalue weighted by molar-refractivity contribution is 0.384. The summed E-state index contributed by atoms with van der Waals surface area (Å²) < 4.78 is 83.3. The van der Waals surface area contributed by atoms with E-state index in [1.807, 2.05) is 442 Å². The molecule has 0 aliphatic rings. The molecule has 0 heterocycles. The monoisotopic (exact) mass is 1670 g/mol. The van der Waals surface area contributed by atoms with Gasteiger partial charge in [-0.2, -0.15) is 0 Å². The molecule has 0 aliphatic carbocycles. The van der Waals surface area contributed by atoms with Crippen molar-refractivity contribution in [2.75, 3.05) is 13.7 Å². The maximum atomic E-state index is 6.08. The van der Waals surface area contributed by atoms with Gasteiger partial charge in [0.25, 0.3) is 8.38 Å². The summed E-state index contributed by atoms with van der Waals surface area (Å²) in [6.45, 7) is 26.3. The Kier molecular flexibility index (Phi) is 37.4. The maximum absolute atomic E-state index is 6.08. The van der Waals surface area contributed by atoms with Crippen LogP contribution in [-0.4, -0.2) is 13.7 Å². The summed E-state index contributed by atoms with van der Waals surface area (Å²) in [6.07, 6.45) is 0. The van der Waals surface area contributed by atoms with Crippen molar-refractivity contribution in [2.45, 2.75) is 83.1 Å². The first kappa shape index (κ1) is 90.3. The van der Waals surface area contributed by atoms with E-state index in [9.17, 15) is 0 Å². The van der Waals surface area contributed by atoms with Gasteiger partial charge in [0.15, 0.2) is 0 Å². The lowest BCUT2D eigenvalue weighted by atomic mass is 10.2. The third-order valence-corrected chi connectivity index (χ3v) is 21.7. The van der Waals surface area contributed by atoms with Crippen molar-refractivity contribution >= 4 is 42.8 Å². The Bertz CT molecular complexity index is 4580. The molecule has 14 aromatic rings. The molecular formula is C98H102NO14P5. The highest BCUT2D eigenvalue weighted by molar-refractivity contribution is 7.47. The normalized spacial score (nSPS) is 10.4. The lowest BCUT2D eigenvalue weighted by Gasteiger charge is -2.20. The number of hydrogen-bond donors (Lipinski definition) is 1. The van der Waals surface area contributed by atoms with Crippen molar-refractivity contribution in [3.8, 4) is 80.5 Å². The van der Waals surface area contributed by atoms with Crippen LogP contribution in [-0.2, 0) is 0 Å². The van der Waals surface area contributed by atoms with Crippen molar-refractivity contribution in [3.05, 3.63) is 419 Å². The van der Waals surface area contributed by atoms with Crippen LogP contribution in [0, 0.1) is 83.1 Å². The molecule has 0 aromatic heterocycles. The summed E-state index contributed by atoms with van der Waals surface area (Å²) in [4.78, 5) is 0. The lowest BCUT2D eigenvalue weighted by Crippen LogP contribution is -2.04. The third kappa shape index (κ3) is 33.2. The molecule has 0 unspecified atom stereocenters. The zero-order valence-electron chi connectivity index (χ0n) is 69.0. The van der Waals surface area contributed by atoms with Crippen LogP contribution in [0.2, 0.25) is 0 Å². The fourth-order valence-corrected chi connectivity index (χ4v) is 15.1. The van der Waals surface area contributed by atoms with Gasteiger partial charge in [-0.05, 0) is 275 Å². The van der Waals surface area contributed by atoms with E-state index in [1.54, 1.807) is 0 Å². The first-order valence-electron chi connectivity index (χ1n) is 38.1. The van der Waals surface area contributed by atoms with Gasteiger partial charge in [0.1, 0.15) is 80.5 Å². The molecule has 20 heteroatoms. The first-order chi connectivity index (χ1) is 57.2. The largest absolute Gasteiger partial charge is 0.530 e. The number of aryl methyl sites for hydroxylation is 12. The molecule has 14 aromatic carbocycles. The van der Waals surface area contributed by atoms with Gasteiger partial charge in [-0.25, -0.2) is 0 Å². The predicted octanol–water partition coefficient (Wildman–Crippen LogP) is 29.2. The van der Waals surface area contributed by atoms with E-state index in [0.29, 0.717) is 0 Å². The predicted molar refractivity (Wildman–Crippen MR) is 486 cm³/mol. The summed E-state index contributed by atoms with van der Waals surface area (Å²) in [6, 6.07) is 114. The fraction of sp³-hybridized carbons (Fsp3) is 0.143. The quantitative estimate of drug-likeness (QED) is 0.0462. The van der Waals surface area contributed by atoms with E-state index in [2.05, 4.69) is 5.73 Å². The van der Waals surface area contributed by atoms with Gasteiger partial charge in [-0.15, -0.1) is 0 Å². The topological polar surface area (TPSA) is 155 Å². The highest BCUT2D eigenvalue weighted by atomic mass is 31.2. The summed E-state index contributed by atoms with van der Waals surface area (Å²) in [5.74, 6) is 10.5. The van der Waals surface area contributed by atoms with Crippen molar-refractivity contribution in [2.24, 2.45) is 5.73 Å². The number of nitrogens with two attached hydrogens (primary N) is 1. The molecule has 0 bridgehead atoms. The molecule has 0 amide bonds. The van der Waals surface area contributed by atoms with Crippen LogP contribution in [0.3, 0.4) is 0 Å². The highest BCUT2D eigenvalue weighted by Gasteiger charge is 2.25.